The standard InChI is InChI=1S/C23H26N4O5/c24-26-14-16-6-8-18(9-7-16)20-12-19(13-21(28)25-11-10-22(29)30)32-23(31)27(20)15-17-4-2-1-3-5-17/h1-9,14,19-20H,10-13,15,24H2,(H,25,28)(H,29,30)/t19-,20+/m1/s1. The molecule has 1 aliphatic heterocycles. The fourth-order valence-corrected chi connectivity index (χ4v) is 3.64. The highest BCUT2D eigenvalue weighted by atomic mass is 16.6. The second kappa shape index (κ2) is 10.9. The first-order chi connectivity index (χ1) is 15.5. The Morgan fingerprint density at radius 3 is 2.56 bits per heavy atom. The Hall–Kier alpha value is -3.88. The number of carbonyl (C=O) groups excluding carboxylic acids is 2. The van der Waals surface area contributed by atoms with Crippen LogP contribution in [-0.4, -0.2) is 46.8 Å². The number of carboxylic acids is 1. The molecule has 1 fully saturated rings. The van der Waals surface area contributed by atoms with Crippen LogP contribution >= 0.6 is 0 Å². The molecule has 2 atom stereocenters. The highest BCUT2D eigenvalue weighted by Gasteiger charge is 2.37. The Balaban J connectivity index is 1.76. The maximum absolute atomic E-state index is 12.9. The van der Waals surface area contributed by atoms with Crippen LogP contribution < -0.4 is 11.2 Å². The van der Waals surface area contributed by atoms with E-state index in [1.54, 1.807) is 4.90 Å². The Kier molecular flexibility index (Phi) is 7.80. The molecule has 9 nitrogen and oxygen atoms in total. The number of nitrogens with two attached hydrogens (primary N) is 1. The van der Waals surface area contributed by atoms with Gasteiger partial charge in [-0.1, -0.05) is 54.6 Å². The van der Waals surface area contributed by atoms with Crippen LogP contribution in [0.2, 0.25) is 0 Å². The minimum atomic E-state index is -0.992. The van der Waals surface area contributed by atoms with E-state index in [4.69, 9.17) is 15.7 Å². The smallest absolute Gasteiger partial charge is 0.410 e. The molecule has 168 valence electrons. The highest BCUT2D eigenvalue weighted by molar-refractivity contribution is 5.79. The molecule has 2 amide bonds. The Bertz CT molecular complexity index is 962. The lowest BCUT2D eigenvalue weighted by Crippen LogP contribution is -2.45. The van der Waals surface area contributed by atoms with Crippen LogP contribution in [0.5, 0.6) is 0 Å². The quantitative estimate of drug-likeness (QED) is 0.313. The number of hydrazone groups is 1. The Labute approximate surface area is 185 Å². The maximum Gasteiger partial charge on any atom is 0.410 e. The van der Waals surface area contributed by atoms with Gasteiger partial charge in [-0.3, -0.25) is 14.5 Å². The van der Waals surface area contributed by atoms with Crippen molar-refractivity contribution in [2.75, 3.05) is 6.54 Å². The molecular weight excluding hydrogens is 412 g/mol. The van der Waals surface area contributed by atoms with Crippen molar-refractivity contribution in [3.8, 4) is 0 Å². The molecule has 0 aromatic heterocycles. The topological polar surface area (TPSA) is 134 Å². The van der Waals surface area contributed by atoms with E-state index in [0.29, 0.717) is 13.0 Å². The molecule has 9 heteroatoms. The van der Waals surface area contributed by atoms with Crippen LogP contribution in [0.4, 0.5) is 4.79 Å². The number of cyclic esters (lactones) is 1. The molecule has 4 N–H and O–H groups in total. The van der Waals surface area contributed by atoms with Crippen molar-refractivity contribution in [1.29, 1.82) is 0 Å². The van der Waals surface area contributed by atoms with Gasteiger partial charge in [0, 0.05) is 19.5 Å². The number of nitrogens with zero attached hydrogens (tertiary/aromatic N) is 2. The zero-order valence-corrected chi connectivity index (χ0v) is 17.5. The summed E-state index contributed by atoms with van der Waals surface area (Å²) in [5.74, 6) is 3.87. The summed E-state index contributed by atoms with van der Waals surface area (Å²) in [6, 6.07) is 16.8. The summed E-state index contributed by atoms with van der Waals surface area (Å²) in [6.07, 6.45) is 0.650. The molecule has 3 rings (SSSR count). The molecule has 2 aromatic rings. The highest BCUT2D eigenvalue weighted by Crippen LogP contribution is 2.34. The van der Waals surface area contributed by atoms with E-state index in [2.05, 4.69) is 10.4 Å². The minimum Gasteiger partial charge on any atom is -0.481 e. The lowest BCUT2D eigenvalue weighted by atomic mass is 9.95. The van der Waals surface area contributed by atoms with Crippen LogP contribution in [-0.2, 0) is 20.9 Å². The van der Waals surface area contributed by atoms with Gasteiger partial charge < -0.3 is 21.0 Å². The molecule has 0 saturated carbocycles. The van der Waals surface area contributed by atoms with Gasteiger partial charge in [0.2, 0.25) is 5.91 Å². The van der Waals surface area contributed by atoms with Gasteiger partial charge in [0.1, 0.15) is 6.10 Å². The summed E-state index contributed by atoms with van der Waals surface area (Å²) in [5, 5.41) is 14.8. The lowest BCUT2D eigenvalue weighted by Gasteiger charge is -2.39. The third kappa shape index (κ3) is 6.31. The van der Waals surface area contributed by atoms with Gasteiger partial charge in [-0.2, -0.15) is 5.10 Å². The van der Waals surface area contributed by atoms with E-state index >= 15 is 0 Å². The van der Waals surface area contributed by atoms with Crippen molar-refractivity contribution in [3.05, 3.63) is 71.3 Å². The first-order valence-electron chi connectivity index (χ1n) is 10.3. The van der Waals surface area contributed by atoms with Gasteiger partial charge in [0.25, 0.3) is 0 Å². The van der Waals surface area contributed by atoms with Gasteiger partial charge in [-0.05, 0) is 16.7 Å². The average Bonchev–Trinajstić information content (AvgIpc) is 2.77. The van der Waals surface area contributed by atoms with Crippen molar-refractivity contribution in [1.82, 2.24) is 10.2 Å². The third-order valence-corrected chi connectivity index (χ3v) is 5.18. The number of ether oxygens (including phenoxy) is 1. The summed E-state index contributed by atoms with van der Waals surface area (Å²) < 4.78 is 5.56. The number of carboxylic acid groups (broad SMARTS) is 1. The van der Waals surface area contributed by atoms with Gasteiger partial charge in [0.15, 0.2) is 0 Å². The number of aliphatic carboxylic acids is 1. The Morgan fingerprint density at radius 1 is 1.19 bits per heavy atom. The number of rotatable bonds is 9. The fraction of sp³-hybridized carbons (Fsp3) is 0.304. The fourth-order valence-electron chi connectivity index (χ4n) is 3.64. The molecule has 0 bridgehead atoms. The van der Waals surface area contributed by atoms with Crippen molar-refractivity contribution in [3.63, 3.8) is 0 Å². The number of carbonyl (C=O) groups is 3. The molecule has 0 radical (unpaired) electrons. The summed E-state index contributed by atoms with van der Waals surface area (Å²) in [7, 11) is 0. The number of benzene rings is 2. The summed E-state index contributed by atoms with van der Waals surface area (Å²) in [4.78, 5) is 37.4. The molecule has 0 spiro atoms. The molecule has 1 heterocycles. The zero-order chi connectivity index (χ0) is 22.9. The second-order valence-corrected chi connectivity index (χ2v) is 7.51. The summed E-state index contributed by atoms with van der Waals surface area (Å²) in [5.41, 5.74) is 2.70. The predicted molar refractivity (Wildman–Crippen MR) is 118 cm³/mol. The molecule has 1 aliphatic rings. The minimum absolute atomic E-state index is 0.0288. The summed E-state index contributed by atoms with van der Waals surface area (Å²) >= 11 is 0. The van der Waals surface area contributed by atoms with Crippen LogP contribution in [0.15, 0.2) is 59.7 Å². The molecule has 0 aliphatic carbocycles. The van der Waals surface area contributed by atoms with Crippen molar-refractivity contribution in [2.24, 2.45) is 10.9 Å². The van der Waals surface area contributed by atoms with E-state index in [1.807, 2.05) is 54.6 Å². The average molecular weight is 438 g/mol. The van der Waals surface area contributed by atoms with Crippen LogP contribution in [0.25, 0.3) is 0 Å². The maximum atomic E-state index is 12.9. The monoisotopic (exact) mass is 438 g/mol. The van der Waals surface area contributed by atoms with E-state index in [9.17, 15) is 14.4 Å². The Morgan fingerprint density at radius 2 is 1.91 bits per heavy atom. The van der Waals surface area contributed by atoms with Gasteiger partial charge in [-0.15, -0.1) is 0 Å². The van der Waals surface area contributed by atoms with Crippen molar-refractivity contribution >= 4 is 24.2 Å². The van der Waals surface area contributed by atoms with Crippen molar-refractivity contribution < 1.29 is 24.2 Å². The van der Waals surface area contributed by atoms with Gasteiger partial charge >= 0.3 is 12.1 Å². The molecule has 32 heavy (non-hydrogen) atoms. The number of hydrogen-bond donors (Lipinski definition) is 3. The number of hydrogen-bond acceptors (Lipinski definition) is 6. The lowest BCUT2D eigenvalue weighted by molar-refractivity contribution is -0.136. The van der Waals surface area contributed by atoms with Crippen LogP contribution in [0, 0.1) is 0 Å². The normalized spacial score (nSPS) is 18.4. The molecule has 2 aromatic carbocycles. The zero-order valence-electron chi connectivity index (χ0n) is 17.5. The molecular formula is C23H26N4O5. The molecule has 0 unspecified atom stereocenters. The van der Waals surface area contributed by atoms with Gasteiger partial charge in [0.05, 0.1) is 25.1 Å². The first kappa shape index (κ1) is 22.8. The van der Waals surface area contributed by atoms with E-state index < -0.39 is 18.2 Å². The van der Waals surface area contributed by atoms with Crippen LogP contribution in [0.1, 0.15) is 42.0 Å². The van der Waals surface area contributed by atoms with Crippen LogP contribution in [0.3, 0.4) is 0 Å². The number of nitrogens with one attached hydrogen (secondary N) is 1. The summed E-state index contributed by atoms with van der Waals surface area (Å²) in [6.45, 7) is 0.399. The third-order valence-electron chi connectivity index (χ3n) is 5.18. The second-order valence-electron chi connectivity index (χ2n) is 7.51. The predicted octanol–water partition coefficient (Wildman–Crippen LogP) is 2.41. The van der Waals surface area contributed by atoms with E-state index in [0.717, 1.165) is 16.7 Å². The molecule has 1 saturated heterocycles. The van der Waals surface area contributed by atoms with E-state index in [-0.39, 0.29) is 31.3 Å². The SMILES string of the molecule is NN=Cc1ccc([C@@H]2C[C@H](CC(=O)NCCC(=O)O)OC(=O)N2Cc2ccccc2)cc1. The van der Waals surface area contributed by atoms with Crippen molar-refractivity contribution in [2.45, 2.75) is 38.0 Å². The number of amides is 2. The first-order valence-corrected chi connectivity index (χ1v) is 10.3. The largest absolute Gasteiger partial charge is 0.481 e. The van der Waals surface area contributed by atoms with E-state index in [1.165, 1.54) is 6.21 Å². The van der Waals surface area contributed by atoms with Gasteiger partial charge in [-0.25, -0.2) is 4.79 Å².